The molecule has 3 N–H and O–H groups in total. The monoisotopic (exact) mass is 407 g/mol. The highest BCUT2D eigenvalue weighted by atomic mass is 16.2. The second kappa shape index (κ2) is 6.99. The number of hydrogen-bond donors (Lipinski definition) is 2. The number of amides is 3. The molecule has 5 aromatic carbocycles. The SMILES string of the molecule is CN(C)c1ccc(-c2ccc3ccc4ccc(C(=O)NC(N)=O)c5ccc2c3c45)cc1. The van der Waals surface area contributed by atoms with Crippen molar-refractivity contribution < 1.29 is 9.59 Å². The topological polar surface area (TPSA) is 75.4 Å². The number of benzene rings is 5. The minimum absolute atomic E-state index is 0.432. The van der Waals surface area contributed by atoms with Gasteiger partial charge in [0.25, 0.3) is 5.91 Å². The Balaban J connectivity index is 1.78. The number of primary amides is 1. The van der Waals surface area contributed by atoms with E-state index < -0.39 is 11.9 Å². The van der Waals surface area contributed by atoms with E-state index in [1.54, 1.807) is 6.07 Å². The Morgan fingerprint density at radius 1 is 0.742 bits per heavy atom. The number of nitrogens with one attached hydrogen (secondary N) is 1. The van der Waals surface area contributed by atoms with Gasteiger partial charge >= 0.3 is 6.03 Å². The molecular formula is C26H21N3O2. The van der Waals surface area contributed by atoms with Crippen LogP contribution in [0.15, 0.2) is 72.8 Å². The van der Waals surface area contributed by atoms with Gasteiger partial charge in [0, 0.05) is 25.3 Å². The maximum absolute atomic E-state index is 12.6. The van der Waals surface area contributed by atoms with Gasteiger partial charge in [-0.15, -0.1) is 0 Å². The van der Waals surface area contributed by atoms with Crippen molar-refractivity contribution >= 4 is 49.9 Å². The lowest BCUT2D eigenvalue weighted by Crippen LogP contribution is -2.35. The fraction of sp³-hybridized carbons (Fsp3) is 0.0769. The largest absolute Gasteiger partial charge is 0.378 e. The van der Waals surface area contributed by atoms with Crippen molar-refractivity contribution in [1.29, 1.82) is 0 Å². The highest BCUT2D eigenvalue weighted by molar-refractivity contribution is 6.28. The maximum atomic E-state index is 12.6. The van der Waals surface area contributed by atoms with Crippen molar-refractivity contribution in [3.63, 3.8) is 0 Å². The normalized spacial score (nSPS) is 11.3. The van der Waals surface area contributed by atoms with Gasteiger partial charge in [-0.1, -0.05) is 54.6 Å². The van der Waals surface area contributed by atoms with Crippen LogP contribution in [0.3, 0.4) is 0 Å². The van der Waals surface area contributed by atoms with Crippen LogP contribution in [-0.4, -0.2) is 26.0 Å². The average Bonchev–Trinajstić information content (AvgIpc) is 2.76. The summed E-state index contributed by atoms with van der Waals surface area (Å²) in [4.78, 5) is 25.8. The van der Waals surface area contributed by atoms with Gasteiger partial charge in [-0.25, -0.2) is 4.79 Å². The standard InChI is InChI=1S/C26H21N3O2/c1-29(2)18-9-5-15(6-10-18)19-11-7-16-3-4-17-8-12-22(25(30)28-26(27)31)21-14-13-20(19)23(16)24(17)21/h3-14H,1-2H3,(H3,27,28,30,31). The minimum atomic E-state index is -0.862. The number of nitrogens with two attached hydrogens (primary N) is 1. The molecule has 0 aliphatic carbocycles. The molecule has 0 aliphatic rings. The molecule has 0 unspecified atom stereocenters. The van der Waals surface area contributed by atoms with Gasteiger partial charge in [0.2, 0.25) is 0 Å². The molecule has 0 spiro atoms. The summed E-state index contributed by atoms with van der Waals surface area (Å²) in [6, 6.07) is 23.7. The molecule has 5 nitrogen and oxygen atoms in total. The number of urea groups is 1. The van der Waals surface area contributed by atoms with Crippen molar-refractivity contribution in [2.24, 2.45) is 5.73 Å². The molecule has 5 rings (SSSR count). The smallest absolute Gasteiger partial charge is 0.319 e. The summed E-state index contributed by atoms with van der Waals surface area (Å²) in [5.41, 5.74) is 9.01. The van der Waals surface area contributed by atoms with Crippen molar-refractivity contribution in [3.05, 3.63) is 78.4 Å². The fourth-order valence-electron chi connectivity index (χ4n) is 4.37. The Kier molecular flexibility index (Phi) is 4.26. The summed E-state index contributed by atoms with van der Waals surface area (Å²) in [6.45, 7) is 0. The fourth-order valence-corrected chi connectivity index (χ4v) is 4.37. The highest BCUT2D eigenvalue weighted by Gasteiger charge is 2.17. The molecular weight excluding hydrogens is 386 g/mol. The van der Waals surface area contributed by atoms with Crippen molar-refractivity contribution in [2.45, 2.75) is 0 Å². The molecule has 0 atom stereocenters. The molecule has 0 saturated carbocycles. The number of carbonyl (C=O) groups is 2. The van der Waals surface area contributed by atoms with E-state index in [1.807, 2.05) is 26.2 Å². The van der Waals surface area contributed by atoms with E-state index in [0.29, 0.717) is 5.56 Å². The molecule has 0 saturated heterocycles. The van der Waals surface area contributed by atoms with Gasteiger partial charge in [-0.3, -0.25) is 10.1 Å². The number of nitrogens with zero attached hydrogens (tertiary/aromatic N) is 1. The van der Waals surface area contributed by atoms with E-state index in [0.717, 1.165) is 49.1 Å². The Morgan fingerprint density at radius 3 is 1.97 bits per heavy atom. The quantitative estimate of drug-likeness (QED) is 0.407. The highest BCUT2D eigenvalue weighted by Crippen LogP contribution is 2.40. The lowest BCUT2D eigenvalue weighted by Gasteiger charge is -2.17. The van der Waals surface area contributed by atoms with E-state index in [4.69, 9.17) is 5.73 Å². The first-order valence-electron chi connectivity index (χ1n) is 10.0. The molecule has 0 bridgehead atoms. The minimum Gasteiger partial charge on any atom is -0.378 e. The molecule has 0 aliphatic heterocycles. The van der Waals surface area contributed by atoms with Crippen molar-refractivity contribution in [1.82, 2.24) is 5.32 Å². The van der Waals surface area contributed by atoms with Gasteiger partial charge in [-0.2, -0.15) is 0 Å². The van der Waals surface area contributed by atoms with Crippen LogP contribution in [-0.2, 0) is 0 Å². The first kappa shape index (κ1) is 18.9. The Morgan fingerprint density at radius 2 is 1.32 bits per heavy atom. The predicted molar refractivity (Wildman–Crippen MR) is 127 cm³/mol. The summed E-state index contributed by atoms with van der Waals surface area (Å²) >= 11 is 0. The Hall–Kier alpha value is -4.12. The van der Waals surface area contributed by atoms with Crippen LogP contribution in [0.1, 0.15) is 10.4 Å². The molecule has 0 heterocycles. The van der Waals surface area contributed by atoms with Crippen molar-refractivity contribution in [2.75, 3.05) is 19.0 Å². The van der Waals surface area contributed by atoms with Gasteiger partial charge in [0.1, 0.15) is 0 Å². The van der Waals surface area contributed by atoms with Crippen LogP contribution < -0.4 is 16.0 Å². The van der Waals surface area contributed by atoms with Gasteiger partial charge in [0.05, 0.1) is 0 Å². The average molecular weight is 407 g/mol. The van der Waals surface area contributed by atoms with Gasteiger partial charge < -0.3 is 10.6 Å². The first-order valence-corrected chi connectivity index (χ1v) is 10.0. The molecule has 31 heavy (non-hydrogen) atoms. The Labute approximate surface area is 179 Å². The van der Waals surface area contributed by atoms with Gasteiger partial charge in [0.15, 0.2) is 0 Å². The summed E-state index contributed by atoms with van der Waals surface area (Å²) in [5.74, 6) is -0.495. The molecule has 0 radical (unpaired) electrons. The Bertz CT molecular complexity index is 1470. The molecule has 0 aromatic heterocycles. The van der Waals surface area contributed by atoms with E-state index in [9.17, 15) is 9.59 Å². The summed E-state index contributed by atoms with van der Waals surface area (Å²) < 4.78 is 0. The number of hydrogen-bond acceptors (Lipinski definition) is 3. The summed E-state index contributed by atoms with van der Waals surface area (Å²) in [5, 5.41) is 8.38. The number of rotatable bonds is 3. The van der Waals surface area contributed by atoms with Crippen LogP contribution in [0.25, 0.3) is 43.4 Å². The van der Waals surface area contributed by atoms with E-state index in [1.165, 1.54) is 0 Å². The first-order chi connectivity index (χ1) is 14.9. The molecule has 3 amide bonds. The van der Waals surface area contributed by atoms with E-state index in [-0.39, 0.29) is 0 Å². The van der Waals surface area contributed by atoms with Crippen LogP contribution >= 0.6 is 0 Å². The maximum Gasteiger partial charge on any atom is 0.319 e. The zero-order chi connectivity index (χ0) is 21.7. The van der Waals surface area contributed by atoms with Crippen LogP contribution in [0.2, 0.25) is 0 Å². The van der Waals surface area contributed by atoms with Crippen LogP contribution in [0.5, 0.6) is 0 Å². The summed E-state index contributed by atoms with van der Waals surface area (Å²) in [6.07, 6.45) is 0. The second-order valence-electron chi connectivity index (χ2n) is 7.91. The van der Waals surface area contributed by atoms with Crippen LogP contribution in [0.4, 0.5) is 10.5 Å². The predicted octanol–water partition coefficient (Wildman–Crippen LogP) is 5.13. The zero-order valence-corrected chi connectivity index (χ0v) is 17.3. The lowest BCUT2D eigenvalue weighted by atomic mass is 9.88. The second-order valence-corrected chi connectivity index (χ2v) is 7.91. The number of imide groups is 1. The molecule has 5 heteroatoms. The number of anilines is 1. The van der Waals surface area contributed by atoms with E-state index >= 15 is 0 Å². The lowest BCUT2D eigenvalue weighted by molar-refractivity contribution is 0.0968. The molecule has 0 fully saturated rings. The third-order valence-corrected chi connectivity index (χ3v) is 5.84. The van der Waals surface area contributed by atoms with Gasteiger partial charge in [-0.05, 0) is 61.6 Å². The van der Waals surface area contributed by atoms with Crippen LogP contribution in [0, 0.1) is 0 Å². The van der Waals surface area contributed by atoms with Crippen molar-refractivity contribution in [3.8, 4) is 11.1 Å². The number of carbonyl (C=O) groups excluding carboxylic acids is 2. The summed E-state index contributed by atoms with van der Waals surface area (Å²) in [7, 11) is 4.05. The molecule has 152 valence electrons. The third kappa shape index (κ3) is 3.02. The molecule has 5 aromatic rings. The third-order valence-electron chi connectivity index (χ3n) is 5.84. The van der Waals surface area contributed by atoms with E-state index in [2.05, 4.69) is 64.8 Å². The zero-order valence-electron chi connectivity index (χ0n) is 17.3.